The van der Waals surface area contributed by atoms with E-state index < -0.39 is 5.56 Å². The van der Waals surface area contributed by atoms with Gasteiger partial charge in [0.1, 0.15) is 11.3 Å². The number of amides is 1. The number of benzene rings is 4. The molecule has 2 aromatic heterocycles. The molecule has 42 heavy (non-hydrogen) atoms. The van der Waals surface area contributed by atoms with Gasteiger partial charge in [-0.2, -0.15) is 9.78 Å². The molecule has 0 aliphatic carbocycles. The van der Waals surface area contributed by atoms with Crippen LogP contribution in [0.1, 0.15) is 5.56 Å². The van der Waals surface area contributed by atoms with E-state index in [0.717, 1.165) is 5.39 Å². The van der Waals surface area contributed by atoms with E-state index in [2.05, 4.69) is 26.3 Å². The number of carbonyl (C=O) groups excluding carboxylic acids is 1. The van der Waals surface area contributed by atoms with Gasteiger partial charge in [-0.1, -0.05) is 53.5 Å². The van der Waals surface area contributed by atoms with Crippen molar-refractivity contribution < 1.29 is 13.9 Å². The highest BCUT2D eigenvalue weighted by Gasteiger charge is 2.17. The van der Waals surface area contributed by atoms with Crippen molar-refractivity contribution in [2.45, 2.75) is 0 Å². The molecule has 1 amide bonds. The number of nitrogens with zero attached hydrogens (tertiary/aromatic N) is 3. The van der Waals surface area contributed by atoms with Gasteiger partial charge >= 0.3 is 0 Å². The van der Waals surface area contributed by atoms with Crippen molar-refractivity contribution >= 4 is 78.8 Å². The predicted molar refractivity (Wildman–Crippen MR) is 169 cm³/mol. The first-order chi connectivity index (χ1) is 20.4. The van der Waals surface area contributed by atoms with Gasteiger partial charge in [-0.3, -0.25) is 9.59 Å². The van der Waals surface area contributed by atoms with Crippen LogP contribution in [0.3, 0.4) is 0 Å². The molecule has 6 rings (SSSR count). The monoisotopic (exact) mass is 660 g/mol. The van der Waals surface area contributed by atoms with Crippen LogP contribution < -0.4 is 15.6 Å². The summed E-state index contributed by atoms with van der Waals surface area (Å²) in [6.45, 7) is -0.300. The minimum atomic E-state index is -0.391. The zero-order valence-corrected chi connectivity index (χ0v) is 24.7. The molecule has 0 spiro atoms. The summed E-state index contributed by atoms with van der Waals surface area (Å²) in [5.74, 6) is 0.515. The largest absolute Gasteiger partial charge is 0.482 e. The average Bonchev–Trinajstić information content (AvgIpc) is 3.41. The molecule has 0 bridgehead atoms. The second-order valence-corrected chi connectivity index (χ2v) is 10.8. The summed E-state index contributed by atoms with van der Waals surface area (Å²) in [4.78, 5) is 30.9. The number of hydrogen-bond donors (Lipinski definition) is 1. The van der Waals surface area contributed by atoms with Gasteiger partial charge in [-0.25, -0.2) is 4.98 Å². The molecule has 0 aliphatic heterocycles. The second kappa shape index (κ2) is 11.8. The van der Waals surface area contributed by atoms with E-state index in [4.69, 9.17) is 37.3 Å². The first-order valence-corrected chi connectivity index (χ1v) is 14.1. The SMILES string of the molecule is O=C(COc1c(Br)cc(Cl)cc1C=Nn1c(-c2cc3ccccc3o2)nc2ccccc2c1=O)Nc1ccc(Cl)cc1. The molecule has 6 aromatic rings. The summed E-state index contributed by atoms with van der Waals surface area (Å²) in [6, 6.07) is 26.3. The minimum absolute atomic E-state index is 0.219. The van der Waals surface area contributed by atoms with E-state index in [-0.39, 0.29) is 18.3 Å². The van der Waals surface area contributed by atoms with Crippen LogP contribution in [0.5, 0.6) is 5.75 Å². The van der Waals surface area contributed by atoms with Gasteiger partial charge in [-0.15, -0.1) is 0 Å². The second-order valence-electron chi connectivity index (χ2n) is 9.11. The van der Waals surface area contributed by atoms with Gasteiger partial charge in [0.15, 0.2) is 12.4 Å². The molecule has 11 heteroatoms. The Morgan fingerprint density at radius 3 is 2.57 bits per heavy atom. The number of hydrogen-bond acceptors (Lipinski definition) is 6. The quantitative estimate of drug-likeness (QED) is 0.176. The van der Waals surface area contributed by atoms with Gasteiger partial charge < -0.3 is 14.5 Å². The van der Waals surface area contributed by atoms with Gasteiger partial charge in [0.2, 0.25) is 5.82 Å². The zero-order chi connectivity index (χ0) is 29.2. The van der Waals surface area contributed by atoms with Crippen molar-refractivity contribution in [3.05, 3.63) is 121 Å². The lowest BCUT2D eigenvalue weighted by Gasteiger charge is -2.12. The lowest BCUT2D eigenvalue weighted by Crippen LogP contribution is -2.21. The highest BCUT2D eigenvalue weighted by Crippen LogP contribution is 2.32. The third-order valence-corrected chi connectivity index (χ3v) is 7.28. The van der Waals surface area contributed by atoms with E-state index in [1.165, 1.54) is 10.9 Å². The van der Waals surface area contributed by atoms with Gasteiger partial charge in [0.05, 0.1) is 21.6 Å². The fraction of sp³-hybridized carbons (Fsp3) is 0.0323. The van der Waals surface area contributed by atoms with E-state index in [1.54, 1.807) is 60.7 Å². The van der Waals surface area contributed by atoms with Crippen LogP contribution in [0.2, 0.25) is 10.0 Å². The molecule has 0 saturated carbocycles. The maximum absolute atomic E-state index is 13.6. The number of ether oxygens (including phenoxy) is 1. The van der Waals surface area contributed by atoms with Crippen molar-refractivity contribution in [1.29, 1.82) is 0 Å². The molecular weight excluding hydrogens is 643 g/mol. The number of rotatable bonds is 7. The summed E-state index contributed by atoms with van der Waals surface area (Å²) in [5, 5.41) is 9.44. The van der Waals surface area contributed by atoms with Gasteiger partial charge in [0.25, 0.3) is 11.5 Å². The molecule has 0 radical (unpaired) electrons. The Labute approximate surface area is 257 Å². The summed E-state index contributed by atoms with van der Waals surface area (Å²) >= 11 is 15.7. The normalized spacial score (nSPS) is 11.4. The number of para-hydroxylation sites is 2. The summed E-state index contributed by atoms with van der Waals surface area (Å²) in [5.41, 5.74) is 1.76. The number of furan rings is 1. The number of carbonyl (C=O) groups is 1. The van der Waals surface area contributed by atoms with Crippen LogP contribution in [0, 0.1) is 0 Å². The third-order valence-electron chi connectivity index (χ3n) is 6.22. The van der Waals surface area contributed by atoms with Crippen molar-refractivity contribution in [3.63, 3.8) is 0 Å². The molecule has 4 aromatic carbocycles. The number of halogens is 3. The highest BCUT2D eigenvalue weighted by atomic mass is 79.9. The molecule has 208 valence electrons. The van der Waals surface area contributed by atoms with E-state index in [0.29, 0.717) is 53.8 Å². The number of fused-ring (bicyclic) bond motifs is 2. The number of aromatic nitrogens is 2. The Balaban J connectivity index is 1.37. The number of anilines is 1. The number of nitrogens with one attached hydrogen (secondary N) is 1. The van der Waals surface area contributed by atoms with Crippen LogP contribution in [0.4, 0.5) is 5.69 Å². The molecule has 0 aliphatic rings. The Bertz CT molecular complexity index is 2020. The van der Waals surface area contributed by atoms with Crippen LogP contribution in [0.25, 0.3) is 33.5 Å². The van der Waals surface area contributed by atoms with Crippen LogP contribution in [0.15, 0.2) is 110 Å². The fourth-order valence-electron chi connectivity index (χ4n) is 4.30. The standard InChI is InChI=1S/C31H19BrCl2N4O4/c32-24-15-21(34)13-19(29(24)41-17-28(39)36-22-11-9-20(33)10-12-22)16-35-38-30(27-14-18-5-1-4-8-26(18)42-27)37-25-7-3-2-6-23(25)31(38)40/h1-16H,17H2,(H,36,39). The first kappa shape index (κ1) is 27.7. The smallest absolute Gasteiger partial charge is 0.282 e. The lowest BCUT2D eigenvalue weighted by atomic mass is 10.2. The Hall–Kier alpha value is -4.44. The zero-order valence-electron chi connectivity index (χ0n) is 21.6. The molecule has 0 fully saturated rings. The van der Waals surface area contributed by atoms with Crippen LogP contribution in [-0.2, 0) is 4.79 Å². The molecular formula is C31H19BrCl2N4O4. The Morgan fingerprint density at radius 2 is 1.76 bits per heavy atom. The Kier molecular flexibility index (Phi) is 7.80. The maximum Gasteiger partial charge on any atom is 0.282 e. The van der Waals surface area contributed by atoms with Crippen LogP contribution in [-0.4, -0.2) is 28.4 Å². The van der Waals surface area contributed by atoms with Gasteiger partial charge in [0, 0.05) is 26.7 Å². The van der Waals surface area contributed by atoms with E-state index in [1.807, 2.05) is 30.3 Å². The lowest BCUT2D eigenvalue weighted by molar-refractivity contribution is -0.118. The summed E-state index contributed by atoms with van der Waals surface area (Å²) < 4.78 is 13.6. The highest BCUT2D eigenvalue weighted by molar-refractivity contribution is 9.10. The fourth-order valence-corrected chi connectivity index (χ4v) is 5.37. The van der Waals surface area contributed by atoms with Crippen molar-refractivity contribution in [3.8, 4) is 17.3 Å². The van der Waals surface area contributed by atoms with Gasteiger partial charge in [-0.05, 0) is 76.6 Å². The topological polar surface area (TPSA) is 98.7 Å². The minimum Gasteiger partial charge on any atom is -0.482 e. The molecule has 0 atom stereocenters. The van der Waals surface area contributed by atoms with Crippen molar-refractivity contribution in [2.75, 3.05) is 11.9 Å². The van der Waals surface area contributed by atoms with Crippen LogP contribution >= 0.6 is 39.1 Å². The van der Waals surface area contributed by atoms with Crippen molar-refractivity contribution in [1.82, 2.24) is 9.66 Å². The third kappa shape index (κ3) is 5.80. The van der Waals surface area contributed by atoms with E-state index in [9.17, 15) is 9.59 Å². The predicted octanol–water partition coefficient (Wildman–Crippen LogP) is 7.78. The average molecular weight is 662 g/mol. The summed E-state index contributed by atoms with van der Waals surface area (Å²) in [7, 11) is 0. The first-order valence-electron chi connectivity index (χ1n) is 12.6. The molecule has 0 saturated heterocycles. The molecule has 8 nitrogen and oxygen atoms in total. The van der Waals surface area contributed by atoms with Crippen molar-refractivity contribution in [2.24, 2.45) is 5.10 Å². The summed E-state index contributed by atoms with van der Waals surface area (Å²) in [6.07, 6.45) is 1.42. The maximum atomic E-state index is 13.6. The Morgan fingerprint density at radius 1 is 1.00 bits per heavy atom. The van der Waals surface area contributed by atoms with E-state index >= 15 is 0 Å². The molecule has 1 N–H and O–H groups in total. The molecule has 0 unspecified atom stereocenters. The molecule has 2 heterocycles.